The third-order valence-corrected chi connectivity index (χ3v) is 7.05. The van der Waals surface area contributed by atoms with Crippen molar-refractivity contribution in [2.24, 2.45) is 17.6 Å². The maximum atomic E-state index is 13.3. The van der Waals surface area contributed by atoms with E-state index in [2.05, 4.69) is 19.9 Å². The summed E-state index contributed by atoms with van der Waals surface area (Å²) in [6.45, 7) is 6.24. The molecule has 0 radical (unpaired) electrons. The number of nitrogens with two attached hydrogens (primary N) is 1. The number of amides is 1. The van der Waals surface area contributed by atoms with Crippen LogP contribution in [0.15, 0.2) is 30.3 Å². The number of piperidine rings is 3. The molecule has 1 aromatic carbocycles. The average Bonchev–Trinajstić information content (AvgIpc) is 3.18. The number of halogens is 2. The number of benzene rings is 1. The number of hydrogen-bond donors (Lipinski definition) is 1. The number of rotatable bonds is 4. The van der Waals surface area contributed by atoms with Crippen LogP contribution in [0.5, 0.6) is 0 Å². The van der Waals surface area contributed by atoms with Gasteiger partial charge in [0, 0.05) is 31.2 Å². The summed E-state index contributed by atoms with van der Waals surface area (Å²) < 4.78 is 1.71. The number of fused-ring (bicyclic) bond motifs is 4. The summed E-state index contributed by atoms with van der Waals surface area (Å²) in [5.74, 6) is 2.65. The highest BCUT2D eigenvalue weighted by Crippen LogP contribution is 2.37. The monoisotopic (exact) mass is 480 g/mol. The van der Waals surface area contributed by atoms with E-state index in [0.717, 1.165) is 25.2 Å². The first kappa shape index (κ1) is 25.0. The van der Waals surface area contributed by atoms with Crippen LogP contribution in [0.4, 0.5) is 0 Å². The minimum atomic E-state index is -0.278. The highest BCUT2D eigenvalue weighted by atomic mass is 35.5. The number of hydrogen-bond acceptors (Lipinski definition) is 5. The van der Waals surface area contributed by atoms with Crippen molar-refractivity contribution in [2.45, 2.75) is 51.2 Å². The lowest BCUT2D eigenvalue weighted by Gasteiger charge is -2.52. The molecule has 2 aromatic rings. The summed E-state index contributed by atoms with van der Waals surface area (Å²) >= 11 is 0. The van der Waals surface area contributed by atoms with E-state index in [-0.39, 0.29) is 43.3 Å². The fourth-order valence-electron chi connectivity index (χ4n) is 5.72. The molecular weight excluding hydrogens is 447 g/mol. The predicted octanol–water partition coefficient (Wildman–Crippen LogP) is 3.14. The lowest BCUT2D eigenvalue weighted by Crippen LogP contribution is -2.60. The zero-order valence-corrected chi connectivity index (χ0v) is 20.2. The van der Waals surface area contributed by atoms with Gasteiger partial charge in [-0.15, -0.1) is 24.8 Å². The van der Waals surface area contributed by atoms with Crippen LogP contribution in [0.2, 0.25) is 0 Å². The highest BCUT2D eigenvalue weighted by molar-refractivity contribution is 5.85. The van der Waals surface area contributed by atoms with Crippen molar-refractivity contribution in [3.05, 3.63) is 36.2 Å². The standard InChI is InChI=1S/C23H32N6O.2ClH/c1-16(24)23-25-22(18-7-3-2-4-8-18)26-29(23)15-21(30)28-13-17-11-19(14-28)20-9-5-6-10-27(20)12-17;;/h2-4,7-8,16-17,19-20H,5-6,9-15,24H2,1H3;2*1H/t16-,17+,19+,20-;;/m0../s1. The first-order valence-corrected chi connectivity index (χ1v) is 11.4. The van der Waals surface area contributed by atoms with Gasteiger partial charge < -0.3 is 10.6 Å². The SMILES string of the molecule is C[C@H](N)c1nc(-c2ccccc2)nn1CC(=O)N1C[C@@H]2C[C@H](C1)[C@@H]1CCCCN1C2.Cl.Cl. The normalized spacial score (nSPS) is 25.8. The molecule has 0 unspecified atom stereocenters. The Morgan fingerprint density at radius 2 is 1.94 bits per heavy atom. The molecular formula is C23H34Cl2N6O. The van der Waals surface area contributed by atoms with Gasteiger partial charge in [-0.3, -0.25) is 9.69 Å². The Hall–Kier alpha value is -1.67. The van der Waals surface area contributed by atoms with Gasteiger partial charge in [0.1, 0.15) is 12.4 Å². The number of aromatic nitrogens is 3. The van der Waals surface area contributed by atoms with Gasteiger partial charge in [-0.05, 0) is 44.6 Å². The molecule has 0 saturated carbocycles. The Labute approximate surface area is 202 Å². The maximum absolute atomic E-state index is 13.3. The van der Waals surface area contributed by atoms with E-state index in [1.54, 1.807) is 4.68 Å². The molecule has 2 N–H and O–H groups in total. The third-order valence-electron chi connectivity index (χ3n) is 7.05. The minimum absolute atomic E-state index is 0. The van der Waals surface area contributed by atoms with Gasteiger partial charge in [-0.2, -0.15) is 5.10 Å². The first-order valence-electron chi connectivity index (χ1n) is 11.4. The molecule has 4 heterocycles. The maximum Gasteiger partial charge on any atom is 0.244 e. The van der Waals surface area contributed by atoms with Crippen molar-refractivity contribution in [1.82, 2.24) is 24.6 Å². The smallest absolute Gasteiger partial charge is 0.244 e. The number of nitrogens with zero attached hydrogens (tertiary/aromatic N) is 5. The number of carbonyl (C=O) groups excluding carboxylic acids is 1. The largest absolute Gasteiger partial charge is 0.340 e. The van der Waals surface area contributed by atoms with Gasteiger partial charge in [0.05, 0.1) is 6.04 Å². The van der Waals surface area contributed by atoms with Crippen molar-refractivity contribution in [3.8, 4) is 11.4 Å². The van der Waals surface area contributed by atoms with Crippen LogP contribution >= 0.6 is 24.8 Å². The molecule has 176 valence electrons. The van der Waals surface area contributed by atoms with E-state index >= 15 is 0 Å². The summed E-state index contributed by atoms with van der Waals surface area (Å²) in [6.07, 6.45) is 5.22. The molecule has 1 aromatic heterocycles. The quantitative estimate of drug-likeness (QED) is 0.726. The Morgan fingerprint density at radius 3 is 2.69 bits per heavy atom. The molecule has 9 heteroatoms. The van der Waals surface area contributed by atoms with E-state index in [4.69, 9.17) is 5.73 Å². The second-order valence-electron chi connectivity index (χ2n) is 9.32. The van der Waals surface area contributed by atoms with Crippen LogP contribution in [0, 0.1) is 11.8 Å². The van der Waals surface area contributed by atoms with Gasteiger partial charge in [0.25, 0.3) is 0 Å². The second kappa shape index (κ2) is 10.5. The highest BCUT2D eigenvalue weighted by Gasteiger charge is 2.42. The summed E-state index contributed by atoms with van der Waals surface area (Å²) in [6, 6.07) is 10.3. The van der Waals surface area contributed by atoms with Crippen molar-refractivity contribution in [2.75, 3.05) is 26.2 Å². The molecule has 2 bridgehead atoms. The molecule has 32 heavy (non-hydrogen) atoms. The molecule has 4 atom stereocenters. The summed E-state index contributed by atoms with van der Waals surface area (Å²) in [5.41, 5.74) is 7.09. The van der Waals surface area contributed by atoms with Gasteiger partial charge >= 0.3 is 0 Å². The molecule has 0 aliphatic carbocycles. The predicted molar refractivity (Wildman–Crippen MR) is 130 cm³/mol. The van der Waals surface area contributed by atoms with Gasteiger partial charge in [0.15, 0.2) is 5.82 Å². The molecule has 3 aliphatic heterocycles. The van der Waals surface area contributed by atoms with Gasteiger partial charge in [0.2, 0.25) is 5.91 Å². The summed E-state index contributed by atoms with van der Waals surface area (Å²) in [5, 5.41) is 4.64. The van der Waals surface area contributed by atoms with Crippen molar-refractivity contribution < 1.29 is 4.79 Å². The van der Waals surface area contributed by atoms with Crippen molar-refractivity contribution in [1.29, 1.82) is 0 Å². The van der Waals surface area contributed by atoms with E-state index in [1.165, 1.54) is 32.2 Å². The van der Waals surface area contributed by atoms with Crippen LogP contribution in [0.25, 0.3) is 11.4 Å². The fraction of sp³-hybridized carbons (Fsp3) is 0.609. The van der Waals surface area contributed by atoms with Crippen LogP contribution < -0.4 is 5.73 Å². The van der Waals surface area contributed by atoms with E-state index in [9.17, 15) is 4.79 Å². The van der Waals surface area contributed by atoms with E-state index in [1.807, 2.05) is 37.3 Å². The van der Waals surface area contributed by atoms with E-state index in [0.29, 0.717) is 29.5 Å². The van der Waals surface area contributed by atoms with E-state index < -0.39 is 0 Å². The summed E-state index contributed by atoms with van der Waals surface area (Å²) in [4.78, 5) is 22.7. The topological polar surface area (TPSA) is 80.3 Å². The van der Waals surface area contributed by atoms with Crippen LogP contribution in [0.3, 0.4) is 0 Å². The second-order valence-corrected chi connectivity index (χ2v) is 9.32. The van der Waals surface area contributed by atoms with Gasteiger partial charge in [-0.1, -0.05) is 36.8 Å². The Morgan fingerprint density at radius 1 is 1.16 bits per heavy atom. The Balaban J connectivity index is 0.00000144. The Bertz CT molecular complexity index is 905. The number of carbonyl (C=O) groups is 1. The first-order chi connectivity index (χ1) is 14.6. The zero-order chi connectivity index (χ0) is 20.7. The molecule has 3 saturated heterocycles. The fourth-order valence-corrected chi connectivity index (χ4v) is 5.72. The zero-order valence-electron chi connectivity index (χ0n) is 18.6. The Kier molecular flexibility index (Phi) is 8.20. The minimum Gasteiger partial charge on any atom is -0.340 e. The lowest BCUT2D eigenvalue weighted by atomic mass is 9.76. The van der Waals surface area contributed by atoms with Crippen LogP contribution in [-0.4, -0.2) is 62.7 Å². The van der Waals surface area contributed by atoms with Crippen molar-refractivity contribution in [3.63, 3.8) is 0 Å². The molecule has 5 rings (SSSR count). The van der Waals surface area contributed by atoms with Crippen molar-refractivity contribution >= 4 is 30.7 Å². The molecule has 7 nitrogen and oxygen atoms in total. The lowest BCUT2D eigenvalue weighted by molar-refractivity contribution is -0.138. The summed E-state index contributed by atoms with van der Waals surface area (Å²) in [7, 11) is 0. The molecule has 3 fully saturated rings. The third kappa shape index (κ3) is 4.96. The number of likely N-dealkylation sites (tertiary alicyclic amines) is 1. The average molecular weight is 481 g/mol. The van der Waals surface area contributed by atoms with Gasteiger partial charge in [-0.25, -0.2) is 9.67 Å². The molecule has 3 aliphatic rings. The molecule has 1 amide bonds. The van der Waals surface area contributed by atoms with Crippen LogP contribution in [-0.2, 0) is 11.3 Å². The van der Waals surface area contributed by atoms with Crippen LogP contribution in [0.1, 0.15) is 44.5 Å². The molecule has 0 spiro atoms.